The fourth-order valence-electron chi connectivity index (χ4n) is 3.23. The largest absolute Gasteiger partial charge is 2.00 e. The predicted molar refractivity (Wildman–Crippen MR) is 132 cm³/mol. The van der Waals surface area contributed by atoms with Gasteiger partial charge in [-0.05, 0) is 54.7 Å². The molecule has 0 atom stereocenters. The zero-order chi connectivity index (χ0) is 21.1. The van der Waals surface area contributed by atoms with E-state index in [0.29, 0.717) is 0 Å². The minimum Gasteiger partial charge on any atom is -0.311 e. The molecular formula is C29H24FeN2. The first-order valence-electron chi connectivity index (χ1n) is 10.3. The summed E-state index contributed by atoms with van der Waals surface area (Å²) in [6.45, 7) is 0. The Morgan fingerprint density at radius 2 is 1.09 bits per heavy atom. The molecule has 0 aliphatic heterocycles. The molecule has 0 heterocycles. The summed E-state index contributed by atoms with van der Waals surface area (Å²) < 4.78 is 0. The summed E-state index contributed by atoms with van der Waals surface area (Å²) in [5, 5.41) is 0. The number of nitrogens with zero attached hydrogens (tertiary/aromatic N) is 2. The average Bonchev–Trinajstić information content (AvgIpc) is 3.58. The van der Waals surface area contributed by atoms with Crippen LogP contribution in [0.1, 0.15) is 5.56 Å². The standard InChI is InChI=1S/C24H19N2.C5H5.Fe/c1-3-11-22(12-4-1)26(23-13-5-2-6-14-23)24-17-15-21(16-18-24)25-19-20-9-7-8-10-20;1-2-4-5-3-1;/h1-19H;1-5H;/q2*-1;+2/b25-19+;;. The molecule has 5 aromatic carbocycles. The maximum absolute atomic E-state index is 4.55. The van der Waals surface area contributed by atoms with Crippen molar-refractivity contribution in [1.29, 1.82) is 0 Å². The van der Waals surface area contributed by atoms with Gasteiger partial charge in [-0.3, -0.25) is 4.99 Å². The van der Waals surface area contributed by atoms with Crippen molar-refractivity contribution >= 4 is 29.0 Å². The molecule has 32 heavy (non-hydrogen) atoms. The van der Waals surface area contributed by atoms with Gasteiger partial charge in [-0.15, -0.1) is 5.56 Å². The summed E-state index contributed by atoms with van der Waals surface area (Å²) in [4.78, 5) is 6.79. The number of hydrogen-bond donors (Lipinski definition) is 0. The minimum absolute atomic E-state index is 0. The molecule has 3 heteroatoms. The Hall–Kier alpha value is -3.65. The van der Waals surface area contributed by atoms with E-state index < -0.39 is 0 Å². The first kappa shape index (κ1) is 23.0. The fraction of sp³-hybridized carbons (Fsp3) is 0. The van der Waals surface area contributed by atoms with Gasteiger partial charge in [-0.1, -0.05) is 36.4 Å². The minimum atomic E-state index is 0. The third kappa shape index (κ3) is 6.42. The SMILES string of the molecule is C(=N\c1ccc(N(c2ccccc2)c2ccccc2)cc1)/[c-]1cccc1.[Fe+2].c1cc[cH-]c1. The van der Waals surface area contributed by atoms with Crippen LogP contribution >= 0.6 is 0 Å². The zero-order valence-electron chi connectivity index (χ0n) is 17.6. The summed E-state index contributed by atoms with van der Waals surface area (Å²) in [6, 6.07) is 47.2. The molecule has 0 N–H and O–H groups in total. The molecule has 158 valence electrons. The van der Waals surface area contributed by atoms with E-state index >= 15 is 0 Å². The predicted octanol–water partition coefficient (Wildman–Crippen LogP) is 8.03. The second-order valence-corrected chi connectivity index (χ2v) is 6.96. The van der Waals surface area contributed by atoms with Crippen LogP contribution in [0.3, 0.4) is 0 Å². The van der Waals surface area contributed by atoms with E-state index in [-0.39, 0.29) is 17.1 Å². The van der Waals surface area contributed by atoms with Crippen molar-refractivity contribution in [3.63, 3.8) is 0 Å². The van der Waals surface area contributed by atoms with E-state index in [0.717, 1.165) is 28.3 Å². The van der Waals surface area contributed by atoms with Gasteiger partial charge in [0.1, 0.15) is 0 Å². The molecule has 2 nitrogen and oxygen atoms in total. The molecule has 0 unspecified atom stereocenters. The second-order valence-electron chi connectivity index (χ2n) is 6.96. The van der Waals surface area contributed by atoms with Gasteiger partial charge in [0.2, 0.25) is 0 Å². The first-order valence-corrected chi connectivity index (χ1v) is 10.3. The molecule has 0 bridgehead atoms. The third-order valence-electron chi connectivity index (χ3n) is 4.74. The van der Waals surface area contributed by atoms with Crippen molar-refractivity contribution in [3.8, 4) is 0 Å². The van der Waals surface area contributed by atoms with E-state index in [1.807, 2.05) is 85.1 Å². The Morgan fingerprint density at radius 1 is 0.594 bits per heavy atom. The number of hydrogen-bond acceptors (Lipinski definition) is 2. The second kappa shape index (κ2) is 12.3. The Bertz CT molecular complexity index is 1090. The van der Waals surface area contributed by atoms with Gasteiger partial charge in [0, 0.05) is 17.1 Å². The molecule has 0 aliphatic rings. The fourth-order valence-corrected chi connectivity index (χ4v) is 3.23. The summed E-state index contributed by atoms with van der Waals surface area (Å²) >= 11 is 0. The van der Waals surface area contributed by atoms with E-state index in [4.69, 9.17) is 0 Å². The molecule has 0 fully saturated rings. The van der Waals surface area contributed by atoms with Crippen LogP contribution in [0.15, 0.2) is 145 Å². The Morgan fingerprint density at radius 3 is 1.56 bits per heavy atom. The van der Waals surface area contributed by atoms with Crippen LogP contribution in [0.2, 0.25) is 0 Å². The van der Waals surface area contributed by atoms with Crippen LogP contribution in [-0.2, 0) is 17.1 Å². The average molecular weight is 456 g/mol. The normalized spacial score (nSPS) is 10.1. The van der Waals surface area contributed by atoms with Crippen molar-refractivity contribution in [2.24, 2.45) is 4.99 Å². The quantitative estimate of drug-likeness (QED) is 0.149. The summed E-state index contributed by atoms with van der Waals surface area (Å²) in [5.41, 5.74) is 5.42. The first-order chi connectivity index (χ1) is 15.4. The topological polar surface area (TPSA) is 15.6 Å². The van der Waals surface area contributed by atoms with Gasteiger partial charge in [0.15, 0.2) is 0 Å². The molecule has 0 spiro atoms. The van der Waals surface area contributed by atoms with Crippen LogP contribution < -0.4 is 4.90 Å². The van der Waals surface area contributed by atoms with Crippen LogP contribution in [-0.4, -0.2) is 6.21 Å². The molecule has 0 amide bonds. The van der Waals surface area contributed by atoms with Crippen molar-refractivity contribution in [3.05, 3.63) is 145 Å². The summed E-state index contributed by atoms with van der Waals surface area (Å²) in [7, 11) is 0. The molecule has 5 rings (SSSR count). The van der Waals surface area contributed by atoms with Crippen LogP contribution in [0, 0.1) is 0 Å². The molecule has 0 aliphatic carbocycles. The van der Waals surface area contributed by atoms with Gasteiger partial charge < -0.3 is 4.90 Å². The van der Waals surface area contributed by atoms with Crippen molar-refractivity contribution < 1.29 is 17.1 Å². The third-order valence-corrected chi connectivity index (χ3v) is 4.74. The van der Waals surface area contributed by atoms with E-state index in [9.17, 15) is 0 Å². The van der Waals surface area contributed by atoms with Crippen LogP contribution in [0.4, 0.5) is 22.7 Å². The summed E-state index contributed by atoms with van der Waals surface area (Å²) in [6.07, 6.45) is 1.89. The molecule has 5 aromatic rings. The summed E-state index contributed by atoms with van der Waals surface area (Å²) in [5.74, 6) is 0. The van der Waals surface area contributed by atoms with Gasteiger partial charge in [0.25, 0.3) is 0 Å². The number of para-hydroxylation sites is 2. The Kier molecular flexibility index (Phi) is 8.82. The number of benzene rings is 3. The molecule has 0 radical (unpaired) electrons. The monoisotopic (exact) mass is 456 g/mol. The van der Waals surface area contributed by atoms with Gasteiger partial charge >= 0.3 is 17.1 Å². The smallest absolute Gasteiger partial charge is 0.311 e. The number of rotatable bonds is 5. The molecule has 0 aromatic heterocycles. The van der Waals surface area contributed by atoms with E-state index in [1.54, 1.807) is 0 Å². The van der Waals surface area contributed by atoms with Gasteiger partial charge in [0.05, 0.1) is 5.69 Å². The Labute approximate surface area is 200 Å². The van der Waals surface area contributed by atoms with Crippen LogP contribution in [0.25, 0.3) is 0 Å². The Balaban J connectivity index is 0.000000427. The van der Waals surface area contributed by atoms with Gasteiger partial charge in [-0.2, -0.15) is 30.3 Å². The van der Waals surface area contributed by atoms with E-state index in [1.165, 1.54) is 0 Å². The maximum Gasteiger partial charge on any atom is 2.00 e. The van der Waals surface area contributed by atoms with Crippen molar-refractivity contribution in [2.75, 3.05) is 4.90 Å². The molecular weight excluding hydrogens is 432 g/mol. The van der Waals surface area contributed by atoms with Crippen molar-refractivity contribution in [1.82, 2.24) is 0 Å². The molecule has 0 saturated heterocycles. The van der Waals surface area contributed by atoms with Crippen LogP contribution in [0.5, 0.6) is 0 Å². The zero-order valence-corrected chi connectivity index (χ0v) is 18.7. The molecule has 0 saturated carbocycles. The van der Waals surface area contributed by atoms with Crippen molar-refractivity contribution in [2.45, 2.75) is 0 Å². The number of aliphatic imine (C=N–C) groups is 1. The maximum atomic E-state index is 4.55. The number of anilines is 3. The van der Waals surface area contributed by atoms with Gasteiger partial charge in [-0.25, -0.2) is 24.3 Å². The van der Waals surface area contributed by atoms with E-state index in [2.05, 4.69) is 70.6 Å².